The Balaban J connectivity index is 2.84. The molecule has 0 bridgehead atoms. The highest BCUT2D eigenvalue weighted by Crippen LogP contribution is 2.10. The number of hydrogen-bond donors (Lipinski definition) is 2. The summed E-state index contributed by atoms with van der Waals surface area (Å²) in [6.07, 6.45) is 0. The zero-order valence-electron chi connectivity index (χ0n) is 10.9. The lowest BCUT2D eigenvalue weighted by molar-refractivity contribution is -0.140. The second-order valence-corrected chi connectivity index (χ2v) is 3.91. The van der Waals surface area contributed by atoms with E-state index in [9.17, 15) is 9.59 Å². The van der Waals surface area contributed by atoms with Crippen LogP contribution < -0.4 is 5.32 Å². The zero-order chi connectivity index (χ0) is 14.3. The Morgan fingerprint density at radius 3 is 2.53 bits per heavy atom. The van der Waals surface area contributed by atoms with Crippen molar-refractivity contribution in [3.05, 3.63) is 35.4 Å². The minimum absolute atomic E-state index is 0.0898. The highest BCUT2D eigenvalue weighted by molar-refractivity contribution is 5.97. The Morgan fingerprint density at radius 2 is 1.95 bits per heavy atom. The molecule has 0 saturated carbocycles. The molecule has 6 nitrogen and oxygen atoms in total. The topological polar surface area (TPSA) is 84.9 Å². The van der Waals surface area contributed by atoms with Crippen LogP contribution in [-0.2, 0) is 20.9 Å². The normalized spacial score (nSPS) is 11.9. The molecule has 1 unspecified atom stereocenters. The largest absolute Gasteiger partial charge is 0.480 e. The minimum atomic E-state index is -1.14. The van der Waals surface area contributed by atoms with E-state index in [1.807, 2.05) is 0 Å². The summed E-state index contributed by atoms with van der Waals surface area (Å²) in [6.45, 7) is 0.194. The second kappa shape index (κ2) is 7.50. The lowest BCUT2D eigenvalue weighted by Gasteiger charge is -2.15. The van der Waals surface area contributed by atoms with Gasteiger partial charge in [0.05, 0.1) is 13.2 Å². The molecule has 0 heterocycles. The van der Waals surface area contributed by atoms with Crippen molar-refractivity contribution in [1.29, 1.82) is 0 Å². The molecule has 0 aliphatic heterocycles. The van der Waals surface area contributed by atoms with E-state index < -0.39 is 17.9 Å². The molecule has 1 amide bonds. The summed E-state index contributed by atoms with van der Waals surface area (Å²) in [6, 6.07) is 5.79. The van der Waals surface area contributed by atoms with Gasteiger partial charge in [-0.3, -0.25) is 4.79 Å². The maximum absolute atomic E-state index is 12.0. The monoisotopic (exact) mass is 267 g/mol. The fourth-order valence-electron chi connectivity index (χ4n) is 1.60. The first-order chi connectivity index (χ1) is 9.10. The van der Waals surface area contributed by atoms with E-state index in [1.54, 1.807) is 24.3 Å². The molecule has 0 aliphatic carbocycles. The van der Waals surface area contributed by atoms with Gasteiger partial charge in [0.1, 0.15) is 0 Å². The summed E-state index contributed by atoms with van der Waals surface area (Å²) < 4.78 is 9.76. The van der Waals surface area contributed by atoms with Gasteiger partial charge < -0.3 is 19.9 Å². The molecule has 104 valence electrons. The van der Waals surface area contributed by atoms with Crippen molar-refractivity contribution in [2.45, 2.75) is 12.6 Å². The number of rotatable bonds is 7. The van der Waals surface area contributed by atoms with Gasteiger partial charge in [-0.25, -0.2) is 4.79 Å². The summed E-state index contributed by atoms with van der Waals surface area (Å²) in [5.41, 5.74) is 1.09. The van der Waals surface area contributed by atoms with Crippen LogP contribution in [0.4, 0.5) is 0 Å². The van der Waals surface area contributed by atoms with Crippen molar-refractivity contribution in [3.63, 3.8) is 0 Å². The van der Waals surface area contributed by atoms with E-state index in [-0.39, 0.29) is 13.2 Å². The SMILES string of the molecule is COCc1ccccc1C(=O)NC(COC)C(=O)O. The fraction of sp³-hybridized carbons (Fsp3) is 0.385. The zero-order valence-corrected chi connectivity index (χ0v) is 10.9. The second-order valence-electron chi connectivity index (χ2n) is 3.91. The number of benzene rings is 1. The van der Waals surface area contributed by atoms with Crippen LogP contribution in [0.5, 0.6) is 0 Å². The van der Waals surface area contributed by atoms with Crippen LogP contribution >= 0.6 is 0 Å². The minimum Gasteiger partial charge on any atom is -0.480 e. The van der Waals surface area contributed by atoms with E-state index in [0.29, 0.717) is 11.1 Å². The van der Waals surface area contributed by atoms with Crippen LogP contribution in [0, 0.1) is 0 Å². The number of aliphatic carboxylic acids is 1. The number of ether oxygens (including phenoxy) is 2. The van der Waals surface area contributed by atoms with Gasteiger partial charge in [-0.1, -0.05) is 18.2 Å². The molecule has 1 rings (SSSR count). The molecule has 1 aromatic rings. The van der Waals surface area contributed by atoms with Gasteiger partial charge >= 0.3 is 5.97 Å². The molecule has 0 aliphatic rings. The highest BCUT2D eigenvalue weighted by atomic mass is 16.5. The summed E-state index contributed by atoms with van der Waals surface area (Å²) >= 11 is 0. The smallest absolute Gasteiger partial charge is 0.328 e. The molecule has 0 fully saturated rings. The van der Waals surface area contributed by atoms with Crippen molar-refractivity contribution in [3.8, 4) is 0 Å². The molecule has 0 aromatic heterocycles. The standard InChI is InChI=1S/C13H17NO5/c1-18-7-9-5-3-4-6-10(9)12(15)14-11(8-19-2)13(16)17/h3-6,11H,7-8H2,1-2H3,(H,14,15)(H,16,17). The van der Waals surface area contributed by atoms with Gasteiger partial charge in [-0.15, -0.1) is 0 Å². The molecule has 1 aromatic carbocycles. The third kappa shape index (κ3) is 4.35. The Kier molecular flexibility index (Phi) is 5.98. The fourth-order valence-corrected chi connectivity index (χ4v) is 1.60. The molecule has 0 saturated heterocycles. The van der Waals surface area contributed by atoms with Gasteiger partial charge in [-0.2, -0.15) is 0 Å². The van der Waals surface area contributed by atoms with E-state index in [0.717, 1.165) is 0 Å². The summed E-state index contributed by atoms with van der Waals surface area (Å²) in [7, 11) is 2.90. The number of hydrogen-bond acceptors (Lipinski definition) is 4. The Morgan fingerprint density at radius 1 is 1.26 bits per heavy atom. The van der Waals surface area contributed by atoms with E-state index >= 15 is 0 Å². The first-order valence-corrected chi connectivity index (χ1v) is 5.69. The van der Waals surface area contributed by atoms with Crippen LogP contribution in [0.25, 0.3) is 0 Å². The van der Waals surface area contributed by atoms with Gasteiger partial charge in [0.25, 0.3) is 5.91 Å². The average Bonchev–Trinajstić information content (AvgIpc) is 2.39. The van der Waals surface area contributed by atoms with E-state index in [4.69, 9.17) is 14.6 Å². The number of nitrogens with one attached hydrogen (secondary N) is 1. The van der Waals surface area contributed by atoms with Crippen LogP contribution in [0.1, 0.15) is 15.9 Å². The average molecular weight is 267 g/mol. The Hall–Kier alpha value is -1.92. The predicted octanol–water partition coefficient (Wildman–Crippen LogP) is 0.662. The lowest BCUT2D eigenvalue weighted by Crippen LogP contribution is -2.44. The van der Waals surface area contributed by atoms with Crippen molar-refractivity contribution in [1.82, 2.24) is 5.32 Å². The Bertz CT molecular complexity index is 446. The number of carboxylic acid groups (broad SMARTS) is 1. The summed E-state index contributed by atoms with van der Waals surface area (Å²) in [5.74, 6) is -1.60. The van der Waals surface area contributed by atoms with E-state index in [1.165, 1.54) is 14.2 Å². The van der Waals surface area contributed by atoms with Crippen LogP contribution in [0.3, 0.4) is 0 Å². The van der Waals surface area contributed by atoms with Crippen molar-refractivity contribution in [2.24, 2.45) is 0 Å². The van der Waals surface area contributed by atoms with Gasteiger partial charge in [0.15, 0.2) is 6.04 Å². The maximum atomic E-state index is 12.0. The van der Waals surface area contributed by atoms with Crippen LogP contribution in [0.2, 0.25) is 0 Å². The van der Waals surface area contributed by atoms with Crippen LogP contribution in [-0.4, -0.2) is 43.9 Å². The number of carbonyl (C=O) groups excluding carboxylic acids is 1. The molecular weight excluding hydrogens is 250 g/mol. The number of carbonyl (C=O) groups is 2. The molecule has 0 radical (unpaired) electrons. The van der Waals surface area contributed by atoms with Crippen molar-refractivity contribution < 1.29 is 24.2 Å². The molecule has 19 heavy (non-hydrogen) atoms. The van der Waals surface area contributed by atoms with Crippen molar-refractivity contribution in [2.75, 3.05) is 20.8 Å². The van der Waals surface area contributed by atoms with E-state index in [2.05, 4.69) is 5.32 Å². The maximum Gasteiger partial charge on any atom is 0.328 e. The summed E-state index contributed by atoms with van der Waals surface area (Å²) in [5, 5.41) is 11.4. The third-order valence-corrected chi connectivity index (χ3v) is 2.50. The lowest BCUT2D eigenvalue weighted by atomic mass is 10.1. The molecule has 6 heteroatoms. The van der Waals surface area contributed by atoms with Crippen molar-refractivity contribution >= 4 is 11.9 Å². The first kappa shape index (κ1) is 15.1. The predicted molar refractivity (Wildman–Crippen MR) is 67.9 cm³/mol. The van der Waals surface area contributed by atoms with Gasteiger partial charge in [0, 0.05) is 19.8 Å². The summed E-state index contributed by atoms with van der Waals surface area (Å²) in [4.78, 5) is 23.0. The van der Waals surface area contributed by atoms with Gasteiger partial charge in [0.2, 0.25) is 0 Å². The Labute approximate surface area is 111 Å². The highest BCUT2D eigenvalue weighted by Gasteiger charge is 2.21. The molecule has 1 atom stereocenters. The molecular formula is C13H17NO5. The number of methoxy groups -OCH3 is 2. The van der Waals surface area contributed by atoms with Crippen LogP contribution in [0.15, 0.2) is 24.3 Å². The van der Waals surface area contributed by atoms with Gasteiger partial charge in [-0.05, 0) is 11.6 Å². The quantitative estimate of drug-likeness (QED) is 0.758. The first-order valence-electron chi connectivity index (χ1n) is 5.69. The number of amides is 1. The molecule has 2 N–H and O–H groups in total. The number of carboxylic acids is 1. The third-order valence-electron chi connectivity index (χ3n) is 2.50. The molecule has 0 spiro atoms.